The van der Waals surface area contributed by atoms with Gasteiger partial charge < -0.3 is 48.5 Å². The van der Waals surface area contributed by atoms with Gasteiger partial charge in [-0.3, -0.25) is 0 Å². The summed E-state index contributed by atoms with van der Waals surface area (Å²) in [7, 11) is 6.03. The van der Waals surface area contributed by atoms with Gasteiger partial charge in [-0.1, -0.05) is 35.3 Å². The van der Waals surface area contributed by atoms with Crippen LogP contribution in [0.2, 0.25) is 10.0 Å². The molecule has 0 aliphatic carbocycles. The lowest BCUT2D eigenvalue weighted by Gasteiger charge is -2.36. The van der Waals surface area contributed by atoms with Gasteiger partial charge in [0.05, 0.1) is 41.5 Å². The Hall–Kier alpha value is -4.88. The summed E-state index contributed by atoms with van der Waals surface area (Å²) in [5.41, 5.74) is 2.32. The van der Waals surface area contributed by atoms with Crippen molar-refractivity contribution < 1.29 is 47.5 Å². The number of esters is 2. The molecule has 2 N–H and O–H groups in total. The monoisotopic (exact) mass is 752 g/mol. The first-order valence-corrected chi connectivity index (χ1v) is 17.2. The largest absolute Gasteiger partial charge is 0.493 e. The predicted octanol–water partition coefficient (Wildman–Crippen LogP) is 5.57. The normalized spacial score (nSPS) is 19.4. The van der Waals surface area contributed by atoms with E-state index >= 15 is 0 Å². The van der Waals surface area contributed by atoms with E-state index < -0.39 is 23.5 Å². The van der Waals surface area contributed by atoms with Crippen molar-refractivity contribution in [3.63, 3.8) is 0 Å². The summed E-state index contributed by atoms with van der Waals surface area (Å²) in [4.78, 5) is 28.4. The van der Waals surface area contributed by atoms with Crippen molar-refractivity contribution in [1.29, 1.82) is 0 Å². The highest BCUT2D eigenvalue weighted by molar-refractivity contribution is 6.31. The molecule has 2 aliphatic rings. The van der Waals surface area contributed by atoms with Gasteiger partial charge in [-0.2, -0.15) is 0 Å². The number of halogens is 2. The Morgan fingerprint density at radius 2 is 0.962 bits per heavy atom. The fourth-order valence-electron chi connectivity index (χ4n) is 6.34. The van der Waals surface area contributed by atoms with E-state index in [2.05, 4.69) is 10.6 Å². The molecule has 0 fully saturated rings. The first-order chi connectivity index (χ1) is 25.1. The Bertz CT molecular complexity index is 1820. The van der Waals surface area contributed by atoms with Gasteiger partial charge in [-0.15, -0.1) is 0 Å². The van der Waals surface area contributed by atoms with Gasteiger partial charge in [-0.05, 0) is 97.7 Å². The van der Waals surface area contributed by atoms with E-state index in [-0.39, 0.29) is 24.6 Å². The van der Waals surface area contributed by atoms with Crippen LogP contribution in [0.4, 0.5) is 0 Å². The number of nitrogens with one attached hydrogen (secondary N) is 2. The Kier molecular flexibility index (Phi) is 11.2. The maximum atomic E-state index is 14.2. The smallest absolute Gasteiger partial charge is 0.421 e. The van der Waals surface area contributed by atoms with E-state index in [0.29, 0.717) is 70.1 Å². The number of fused-ring (bicyclic) bond motifs is 2. The summed E-state index contributed by atoms with van der Waals surface area (Å²) in [6.07, 6.45) is 1.03. The number of ether oxygens (including phenoxy) is 8. The number of carbonyl (C=O) groups is 2. The molecule has 12 nitrogen and oxygen atoms in total. The second-order valence-electron chi connectivity index (χ2n) is 12.0. The van der Waals surface area contributed by atoms with Crippen LogP contribution in [0, 0.1) is 0 Å². The summed E-state index contributed by atoms with van der Waals surface area (Å²) in [6.45, 7) is 0.893. The third-order valence-electron chi connectivity index (χ3n) is 8.74. The molecule has 0 amide bonds. The minimum Gasteiger partial charge on any atom is -0.493 e. The molecule has 0 bridgehead atoms. The van der Waals surface area contributed by atoms with Crippen LogP contribution in [-0.4, -0.2) is 66.6 Å². The third kappa shape index (κ3) is 7.65. The van der Waals surface area contributed by atoms with Crippen LogP contribution in [0.1, 0.15) is 22.3 Å². The summed E-state index contributed by atoms with van der Waals surface area (Å²) < 4.78 is 47.6. The zero-order chi connectivity index (χ0) is 36.9. The lowest BCUT2D eigenvalue weighted by Crippen LogP contribution is -2.50. The van der Waals surface area contributed by atoms with E-state index in [0.717, 1.165) is 11.1 Å². The minimum absolute atomic E-state index is 0.0491. The van der Waals surface area contributed by atoms with Gasteiger partial charge in [0.25, 0.3) is 11.6 Å². The Morgan fingerprint density at radius 1 is 0.577 bits per heavy atom. The molecule has 2 atom stereocenters. The fraction of sp³-hybridized carbons (Fsp3) is 0.316. The Balaban J connectivity index is 1.44. The van der Waals surface area contributed by atoms with E-state index in [1.165, 1.54) is 28.4 Å². The number of methoxy groups -OCH3 is 4. The highest BCUT2D eigenvalue weighted by atomic mass is 35.5. The van der Waals surface area contributed by atoms with E-state index in [1.54, 1.807) is 72.8 Å². The zero-order valence-corrected chi connectivity index (χ0v) is 30.5. The molecule has 2 unspecified atom stereocenters. The van der Waals surface area contributed by atoms with Crippen LogP contribution in [0.3, 0.4) is 0 Å². The Morgan fingerprint density at radius 3 is 1.33 bits per heavy atom. The molecular weight excluding hydrogens is 715 g/mol. The summed E-state index contributed by atoms with van der Waals surface area (Å²) in [6, 6.07) is 20.1. The summed E-state index contributed by atoms with van der Waals surface area (Å²) >= 11 is 12.6. The van der Waals surface area contributed by atoms with Crippen molar-refractivity contribution in [2.45, 2.75) is 24.4 Å². The maximum absolute atomic E-state index is 14.2. The lowest BCUT2D eigenvalue weighted by atomic mass is 9.96. The van der Waals surface area contributed by atoms with Crippen LogP contribution in [0.5, 0.6) is 34.5 Å². The standard InChI is InChI=1S/C38H38Cl2N2O10/c1-45-31-15-23-11-13-41-21-37(29(23)19-33(31)47-3,49-27-9-5-7-25(39)17-27)51-35(43)36(44)52-38(50-28-10-6-8-26(40)18-28)22-42-14-12-24-16-32(46-2)34(48-4)20-30(24)38/h5-10,15-20,41-42H,11-14,21-22H2,1-4H3. The SMILES string of the molecule is COc1cc2c(cc1OC)C(OC(=O)C(=O)OC1(Oc3cccc(Cl)c3)CNCCc3cc(OC)c(OC)cc31)(Oc1cccc(Cl)c1)CNCC2. The van der Waals surface area contributed by atoms with Crippen molar-refractivity contribution in [2.24, 2.45) is 0 Å². The maximum Gasteiger partial charge on any atom is 0.421 e. The molecule has 6 rings (SSSR count). The van der Waals surface area contributed by atoms with Crippen molar-refractivity contribution in [1.82, 2.24) is 10.6 Å². The van der Waals surface area contributed by atoms with E-state index in [1.807, 2.05) is 0 Å². The second kappa shape index (κ2) is 15.8. The van der Waals surface area contributed by atoms with Crippen molar-refractivity contribution in [2.75, 3.05) is 54.6 Å². The molecule has 0 radical (unpaired) electrons. The Labute approximate surface area is 311 Å². The molecule has 274 valence electrons. The molecule has 4 aromatic carbocycles. The number of hydrogen-bond donors (Lipinski definition) is 2. The van der Waals surface area contributed by atoms with Gasteiger partial charge in [-0.25, -0.2) is 9.59 Å². The minimum atomic E-state index is -1.90. The van der Waals surface area contributed by atoms with Gasteiger partial charge in [0.2, 0.25) is 0 Å². The fourth-order valence-corrected chi connectivity index (χ4v) is 6.70. The third-order valence-corrected chi connectivity index (χ3v) is 9.21. The van der Waals surface area contributed by atoms with Gasteiger partial charge in [0.15, 0.2) is 23.0 Å². The molecule has 0 spiro atoms. The van der Waals surface area contributed by atoms with Crippen molar-refractivity contribution >= 4 is 35.1 Å². The van der Waals surface area contributed by atoms with Crippen LogP contribution in [-0.2, 0) is 43.5 Å². The molecular formula is C38H38Cl2N2O10. The van der Waals surface area contributed by atoms with Crippen LogP contribution in [0.25, 0.3) is 0 Å². The number of carbonyl (C=O) groups excluding carboxylic acids is 2. The van der Waals surface area contributed by atoms with E-state index in [4.69, 9.17) is 61.1 Å². The zero-order valence-electron chi connectivity index (χ0n) is 29.0. The highest BCUT2D eigenvalue weighted by Crippen LogP contribution is 2.42. The molecule has 0 saturated heterocycles. The van der Waals surface area contributed by atoms with Crippen LogP contribution < -0.4 is 39.1 Å². The van der Waals surface area contributed by atoms with Gasteiger partial charge >= 0.3 is 11.9 Å². The average molecular weight is 754 g/mol. The lowest BCUT2D eigenvalue weighted by molar-refractivity contribution is -0.226. The topological polar surface area (TPSA) is 132 Å². The number of rotatable bonds is 10. The predicted molar refractivity (Wildman–Crippen MR) is 192 cm³/mol. The molecule has 0 saturated carbocycles. The molecule has 2 aliphatic heterocycles. The van der Waals surface area contributed by atoms with Crippen molar-refractivity contribution in [3.8, 4) is 34.5 Å². The van der Waals surface area contributed by atoms with Crippen LogP contribution in [0.15, 0.2) is 72.8 Å². The summed E-state index contributed by atoms with van der Waals surface area (Å²) in [5.74, 6) is -4.29. The quantitative estimate of drug-likeness (QED) is 0.119. The first kappa shape index (κ1) is 36.9. The molecule has 52 heavy (non-hydrogen) atoms. The van der Waals surface area contributed by atoms with Gasteiger partial charge in [0, 0.05) is 21.2 Å². The molecule has 2 heterocycles. The van der Waals surface area contributed by atoms with E-state index in [9.17, 15) is 9.59 Å². The van der Waals surface area contributed by atoms with Crippen molar-refractivity contribution in [3.05, 3.63) is 105 Å². The molecule has 0 aromatic heterocycles. The highest BCUT2D eigenvalue weighted by Gasteiger charge is 2.49. The second-order valence-corrected chi connectivity index (χ2v) is 12.9. The number of benzene rings is 4. The average Bonchev–Trinajstić information content (AvgIpc) is 3.41. The molecule has 4 aromatic rings. The summed E-state index contributed by atoms with van der Waals surface area (Å²) in [5, 5.41) is 7.31. The first-order valence-electron chi connectivity index (χ1n) is 16.4. The molecule has 14 heteroatoms. The van der Waals surface area contributed by atoms with Gasteiger partial charge in [0.1, 0.15) is 11.5 Å². The number of hydrogen-bond acceptors (Lipinski definition) is 12. The van der Waals surface area contributed by atoms with Crippen LogP contribution >= 0.6 is 23.2 Å².